The van der Waals surface area contributed by atoms with Gasteiger partial charge >= 0.3 is 0 Å². The predicted octanol–water partition coefficient (Wildman–Crippen LogP) is 3.28. The molecule has 0 aliphatic heterocycles. The molecular formula is C16H13FN2O. The number of carbonyl (C=O) groups excluding carboxylic acids is 1. The Morgan fingerprint density at radius 3 is 2.70 bits per heavy atom. The Bertz CT molecular complexity index is 704. The van der Waals surface area contributed by atoms with E-state index >= 15 is 0 Å². The predicted molar refractivity (Wildman–Crippen MR) is 75.0 cm³/mol. The molecule has 100 valence electrons. The molecule has 0 aliphatic rings. The molecule has 0 unspecified atom stereocenters. The summed E-state index contributed by atoms with van der Waals surface area (Å²) < 4.78 is 13.7. The van der Waals surface area contributed by atoms with Gasteiger partial charge in [-0.3, -0.25) is 4.79 Å². The largest absolute Gasteiger partial charge is 0.311 e. The second kappa shape index (κ2) is 5.54. The van der Waals surface area contributed by atoms with Gasteiger partial charge in [0.2, 0.25) is 0 Å². The molecule has 2 aromatic rings. The van der Waals surface area contributed by atoms with Crippen molar-refractivity contribution in [3.8, 4) is 6.07 Å². The number of nitriles is 1. The summed E-state index contributed by atoms with van der Waals surface area (Å²) in [5.74, 6) is -0.995. The first kappa shape index (κ1) is 13.8. The minimum atomic E-state index is -0.552. The second-order valence-corrected chi connectivity index (χ2v) is 4.51. The molecule has 2 rings (SSSR count). The van der Waals surface area contributed by atoms with E-state index in [0.29, 0.717) is 11.3 Å². The van der Waals surface area contributed by atoms with Crippen molar-refractivity contribution in [3.05, 3.63) is 65.0 Å². The third-order valence-electron chi connectivity index (χ3n) is 3.02. The van der Waals surface area contributed by atoms with Crippen LogP contribution in [-0.4, -0.2) is 13.0 Å². The average Bonchev–Trinajstić information content (AvgIpc) is 2.48. The van der Waals surface area contributed by atoms with Crippen molar-refractivity contribution in [2.24, 2.45) is 0 Å². The number of hydrogen-bond acceptors (Lipinski definition) is 2. The van der Waals surface area contributed by atoms with Crippen LogP contribution in [0.15, 0.2) is 42.5 Å². The van der Waals surface area contributed by atoms with Gasteiger partial charge in [0.15, 0.2) is 0 Å². The molecule has 0 N–H and O–H groups in total. The summed E-state index contributed by atoms with van der Waals surface area (Å²) in [5.41, 5.74) is 1.84. The Morgan fingerprint density at radius 1 is 1.25 bits per heavy atom. The Hall–Kier alpha value is -2.67. The third kappa shape index (κ3) is 2.67. The Labute approximate surface area is 116 Å². The SMILES string of the molecule is Cc1ccc(F)c(C(=O)N(C)c2cccc(C#N)c2)c1. The zero-order chi connectivity index (χ0) is 14.7. The van der Waals surface area contributed by atoms with Crippen molar-refractivity contribution in [1.82, 2.24) is 0 Å². The number of aryl methyl sites for hydroxylation is 1. The minimum Gasteiger partial charge on any atom is -0.311 e. The summed E-state index contributed by atoms with van der Waals surface area (Å²) in [6.07, 6.45) is 0. The molecule has 4 heteroatoms. The van der Waals surface area contributed by atoms with E-state index in [1.54, 1.807) is 44.3 Å². The number of amides is 1. The van der Waals surface area contributed by atoms with Gasteiger partial charge in [-0.15, -0.1) is 0 Å². The van der Waals surface area contributed by atoms with Crippen LogP contribution in [0.25, 0.3) is 0 Å². The highest BCUT2D eigenvalue weighted by molar-refractivity contribution is 6.06. The zero-order valence-electron chi connectivity index (χ0n) is 11.2. The first-order valence-corrected chi connectivity index (χ1v) is 6.07. The molecule has 2 aromatic carbocycles. The van der Waals surface area contributed by atoms with Crippen molar-refractivity contribution in [3.63, 3.8) is 0 Å². The topological polar surface area (TPSA) is 44.1 Å². The zero-order valence-corrected chi connectivity index (χ0v) is 11.2. The smallest absolute Gasteiger partial charge is 0.260 e. The summed E-state index contributed by atoms with van der Waals surface area (Å²) >= 11 is 0. The lowest BCUT2D eigenvalue weighted by Gasteiger charge is -2.18. The normalized spacial score (nSPS) is 9.90. The van der Waals surface area contributed by atoms with E-state index in [1.165, 1.54) is 17.0 Å². The van der Waals surface area contributed by atoms with E-state index in [9.17, 15) is 9.18 Å². The van der Waals surface area contributed by atoms with Crippen molar-refractivity contribution < 1.29 is 9.18 Å². The van der Waals surface area contributed by atoms with Gasteiger partial charge in [0.25, 0.3) is 5.91 Å². The number of benzene rings is 2. The number of anilines is 1. The van der Waals surface area contributed by atoms with Gasteiger partial charge in [0.1, 0.15) is 5.82 Å². The van der Waals surface area contributed by atoms with Gasteiger partial charge < -0.3 is 4.90 Å². The molecule has 1 amide bonds. The molecule has 0 bridgehead atoms. The van der Waals surface area contributed by atoms with E-state index in [4.69, 9.17) is 5.26 Å². The van der Waals surface area contributed by atoms with E-state index in [0.717, 1.165) is 5.56 Å². The molecule has 3 nitrogen and oxygen atoms in total. The summed E-state index contributed by atoms with van der Waals surface area (Å²) in [7, 11) is 1.56. The van der Waals surface area contributed by atoms with Gasteiger partial charge in [0, 0.05) is 12.7 Å². The molecule has 0 fully saturated rings. The van der Waals surface area contributed by atoms with Crippen LogP contribution in [0.4, 0.5) is 10.1 Å². The Balaban J connectivity index is 2.37. The van der Waals surface area contributed by atoms with Gasteiger partial charge in [-0.1, -0.05) is 17.7 Å². The third-order valence-corrected chi connectivity index (χ3v) is 3.02. The van der Waals surface area contributed by atoms with Crippen LogP contribution in [0.1, 0.15) is 21.5 Å². The summed E-state index contributed by atoms with van der Waals surface area (Å²) in [5, 5.41) is 8.87. The van der Waals surface area contributed by atoms with Gasteiger partial charge in [-0.05, 0) is 37.3 Å². The van der Waals surface area contributed by atoms with Crippen molar-refractivity contribution in [2.45, 2.75) is 6.92 Å². The Morgan fingerprint density at radius 2 is 2.00 bits per heavy atom. The Kier molecular flexibility index (Phi) is 3.81. The molecule has 0 radical (unpaired) electrons. The van der Waals surface area contributed by atoms with Crippen molar-refractivity contribution in [2.75, 3.05) is 11.9 Å². The minimum absolute atomic E-state index is 0.0230. The molecular weight excluding hydrogens is 255 g/mol. The molecule has 0 spiro atoms. The van der Waals surface area contributed by atoms with Gasteiger partial charge in [-0.2, -0.15) is 5.26 Å². The highest BCUT2D eigenvalue weighted by Crippen LogP contribution is 2.19. The molecule has 0 atom stereocenters. The van der Waals surface area contributed by atoms with Crippen LogP contribution in [0.3, 0.4) is 0 Å². The summed E-state index contributed by atoms with van der Waals surface area (Å²) in [6.45, 7) is 1.80. The number of rotatable bonds is 2. The number of nitrogens with zero attached hydrogens (tertiary/aromatic N) is 2. The van der Waals surface area contributed by atoms with Gasteiger partial charge in [0.05, 0.1) is 17.2 Å². The summed E-state index contributed by atoms with van der Waals surface area (Å²) in [6, 6.07) is 13.0. The van der Waals surface area contributed by atoms with Crippen LogP contribution in [0.5, 0.6) is 0 Å². The van der Waals surface area contributed by atoms with E-state index in [2.05, 4.69) is 0 Å². The van der Waals surface area contributed by atoms with Crippen LogP contribution < -0.4 is 4.90 Å². The molecule has 0 aromatic heterocycles. The maximum Gasteiger partial charge on any atom is 0.260 e. The maximum absolute atomic E-state index is 13.7. The first-order valence-electron chi connectivity index (χ1n) is 6.07. The lowest BCUT2D eigenvalue weighted by Crippen LogP contribution is -2.27. The van der Waals surface area contributed by atoms with Crippen molar-refractivity contribution >= 4 is 11.6 Å². The molecule has 0 aliphatic carbocycles. The lowest BCUT2D eigenvalue weighted by molar-refractivity contribution is 0.0989. The van der Waals surface area contributed by atoms with Crippen LogP contribution >= 0.6 is 0 Å². The van der Waals surface area contributed by atoms with E-state index in [1.807, 2.05) is 6.07 Å². The molecule has 0 heterocycles. The standard InChI is InChI=1S/C16H13FN2O/c1-11-6-7-15(17)14(8-11)16(20)19(2)13-5-3-4-12(9-13)10-18/h3-9H,1-2H3. The van der Waals surface area contributed by atoms with Crippen LogP contribution in [0.2, 0.25) is 0 Å². The molecule has 0 saturated carbocycles. The quantitative estimate of drug-likeness (QED) is 0.839. The highest BCUT2D eigenvalue weighted by atomic mass is 19.1. The lowest BCUT2D eigenvalue weighted by atomic mass is 10.1. The first-order chi connectivity index (χ1) is 9.52. The molecule has 0 saturated heterocycles. The fourth-order valence-corrected chi connectivity index (χ4v) is 1.89. The monoisotopic (exact) mass is 268 g/mol. The maximum atomic E-state index is 13.7. The average molecular weight is 268 g/mol. The molecule has 20 heavy (non-hydrogen) atoms. The van der Waals surface area contributed by atoms with Crippen LogP contribution in [0, 0.1) is 24.1 Å². The summed E-state index contributed by atoms with van der Waals surface area (Å²) in [4.78, 5) is 13.7. The van der Waals surface area contributed by atoms with E-state index < -0.39 is 11.7 Å². The fraction of sp³-hybridized carbons (Fsp3) is 0.125. The van der Waals surface area contributed by atoms with Gasteiger partial charge in [-0.25, -0.2) is 4.39 Å². The van der Waals surface area contributed by atoms with Crippen LogP contribution in [-0.2, 0) is 0 Å². The van der Waals surface area contributed by atoms with Crippen molar-refractivity contribution in [1.29, 1.82) is 5.26 Å². The second-order valence-electron chi connectivity index (χ2n) is 4.51. The number of carbonyl (C=O) groups is 1. The number of halogens is 1. The fourth-order valence-electron chi connectivity index (χ4n) is 1.89. The van der Waals surface area contributed by atoms with E-state index in [-0.39, 0.29) is 5.56 Å². The number of hydrogen-bond donors (Lipinski definition) is 0. The highest BCUT2D eigenvalue weighted by Gasteiger charge is 2.17.